The van der Waals surface area contributed by atoms with Crippen LogP contribution in [-0.2, 0) is 4.74 Å². The van der Waals surface area contributed by atoms with E-state index in [0.29, 0.717) is 18.2 Å². The van der Waals surface area contributed by atoms with Gasteiger partial charge in [-0.05, 0) is 53.4 Å². The van der Waals surface area contributed by atoms with Crippen molar-refractivity contribution in [2.75, 3.05) is 13.2 Å². The van der Waals surface area contributed by atoms with Crippen LogP contribution < -0.4 is 5.32 Å². The Balaban J connectivity index is 1.64. The van der Waals surface area contributed by atoms with Crippen LogP contribution in [0.4, 0.5) is 0 Å². The summed E-state index contributed by atoms with van der Waals surface area (Å²) >= 11 is 6.79. The van der Waals surface area contributed by atoms with Crippen molar-refractivity contribution in [1.29, 1.82) is 0 Å². The second-order valence-corrected chi connectivity index (χ2v) is 7.13. The minimum atomic E-state index is -0.0490. The van der Waals surface area contributed by atoms with Gasteiger partial charge in [0.1, 0.15) is 0 Å². The largest absolute Gasteiger partial charge is 0.378 e. The molecule has 116 valence electrons. The number of carbonyl (C=O) groups is 1. The molecule has 0 atom stereocenters. The van der Waals surface area contributed by atoms with Crippen LogP contribution in [0.1, 0.15) is 48.9 Å². The van der Waals surface area contributed by atoms with E-state index in [0.717, 1.165) is 22.0 Å². The molecule has 1 fully saturated rings. The van der Waals surface area contributed by atoms with Crippen molar-refractivity contribution in [3.63, 3.8) is 0 Å². The van der Waals surface area contributed by atoms with Crippen molar-refractivity contribution in [2.45, 2.75) is 44.6 Å². The lowest BCUT2D eigenvalue weighted by Gasteiger charge is -2.21. The van der Waals surface area contributed by atoms with Gasteiger partial charge in [-0.15, -0.1) is 0 Å². The predicted molar refractivity (Wildman–Crippen MR) is 91.6 cm³/mol. The van der Waals surface area contributed by atoms with Gasteiger partial charge < -0.3 is 10.1 Å². The number of ether oxygens (including phenoxy) is 1. The Morgan fingerprint density at radius 3 is 2.71 bits per heavy atom. The fourth-order valence-corrected chi connectivity index (χ4v) is 3.75. The highest BCUT2D eigenvalue weighted by atomic mass is 79.9. The summed E-state index contributed by atoms with van der Waals surface area (Å²) in [5.41, 5.74) is 0.659. The van der Waals surface area contributed by atoms with Crippen molar-refractivity contribution in [1.82, 2.24) is 5.32 Å². The molecule has 1 amide bonds. The fourth-order valence-electron chi connectivity index (χ4n) is 2.52. The molecule has 3 nitrogen and oxygen atoms in total. The normalized spacial score (nSPS) is 15.9. The summed E-state index contributed by atoms with van der Waals surface area (Å²) < 4.78 is 7.59. The molecule has 1 N–H and O–H groups in total. The van der Waals surface area contributed by atoms with Gasteiger partial charge in [-0.2, -0.15) is 0 Å². The minimum Gasteiger partial charge on any atom is -0.378 e. The summed E-state index contributed by atoms with van der Waals surface area (Å²) in [6.07, 6.45) is 7.61. The van der Waals surface area contributed by atoms with Crippen molar-refractivity contribution >= 4 is 37.8 Å². The maximum Gasteiger partial charge on any atom is 0.252 e. The monoisotopic (exact) mass is 417 g/mol. The number of carbonyl (C=O) groups excluding carboxylic acids is 1. The van der Waals surface area contributed by atoms with Crippen molar-refractivity contribution in [3.8, 4) is 0 Å². The van der Waals surface area contributed by atoms with E-state index >= 15 is 0 Å². The van der Waals surface area contributed by atoms with Crippen molar-refractivity contribution in [2.24, 2.45) is 0 Å². The van der Waals surface area contributed by atoms with Crippen LogP contribution in [0.2, 0.25) is 0 Å². The van der Waals surface area contributed by atoms with Gasteiger partial charge in [-0.3, -0.25) is 4.79 Å². The van der Waals surface area contributed by atoms with E-state index in [1.807, 2.05) is 18.2 Å². The molecule has 0 radical (unpaired) electrons. The van der Waals surface area contributed by atoms with Crippen molar-refractivity contribution < 1.29 is 9.53 Å². The van der Waals surface area contributed by atoms with Crippen LogP contribution in [0.25, 0.3) is 0 Å². The lowest BCUT2D eigenvalue weighted by atomic mass is 9.98. The number of halogens is 2. The Labute approximate surface area is 143 Å². The highest BCUT2D eigenvalue weighted by Gasteiger charge is 2.13. The van der Waals surface area contributed by atoms with Gasteiger partial charge in [0.15, 0.2) is 0 Å². The zero-order valence-corrected chi connectivity index (χ0v) is 15.2. The molecule has 0 aliphatic heterocycles. The first kappa shape index (κ1) is 17.0. The van der Waals surface area contributed by atoms with Crippen LogP contribution in [0.3, 0.4) is 0 Å². The lowest BCUT2D eigenvalue weighted by Crippen LogP contribution is -2.26. The Bertz CT molecular complexity index is 473. The Morgan fingerprint density at radius 2 is 2.00 bits per heavy atom. The number of benzene rings is 1. The number of hydrogen-bond donors (Lipinski definition) is 1. The van der Waals surface area contributed by atoms with Gasteiger partial charge in [-0.25, -0.2) is 0 Å². The van der Waals surface area contributed by atoms with Gasteiger partial charge >= 0.3 is 0 Å². The van der Waals surface area contributed by atoms with Crippen LogP contribution in [0.5, 0.6) is 0 Å². The third-order valence-corrected chi connectivity index (χ3v) is 4.84. The summed E-state index contributed by atoms with van der Waals surface area (Å²) in [6, 6.07) is 5.55. The van der Waals surface area contributed by atoms with E-state index in [9.17, 15) is 4.79 Å². The van der Waals surface area contributed by atoms with Gasteiger partial charge in [0, 0.05) is 22.1 Å². The van der Waals surface area contributed by atoms with E-state index < -0.39 is 0 Å². The van der Waals surface area contributed by atoms with E-state index in [2.05, 4.69) is 37.2 Å². The minimum absolute atomic E-state index is 0.0490. The van der Waals surface area contributed by atoms with Crippen LogP contribution in [-0.4, -0.2) is 25.2 Å². The van der Waals surface area contributed by atoms with Crippen LogP contribution in [0.15, 0.2) is 27.1 Å². The second-order valence-electron chi connectivity index (χ2n) is 5.36. The standard InChI is InChI=1S/C16H21Br2NO2/c17-12-7-8-14(15(18)11-12)16(20)19-9-4-10-21-13-5-2-1-3-6-13/h7-8,11,13H,1-6,9-10H2,(H,19,20). The fraction of sp³-hybridized carbons (Fsp3) is 0.562. The first-order valence-electron chi connectivity index (χ1n) is 7.51. The van der Waals surface area contributed by atoms with E-state index in [-0.39, 0.29) is 5.91 Å². The molecule has 1 saturated carbocycles. The zero-order valence-electron chi connectivity index (χ0n) is 12.0. The molecule has 5 heteroatoms. The summed E-state index contributed by atoms with van der Waals surface area (Å²) in [7, 11) is 0. The number of nitrogens with one attached hydrogen (secondary N) is 1. The zero-order chi connectivity index (χ0) is 15.1. The summed E-state index contributed by atoms with van der Waals surface area (Å²) in [6.45, 7) is 1.38. The molecule has 0 spiro atoms. The maximum atomic E-state index is 12.0. The average Bonchev–Trinajstić information content (AvgIpc) is 2.47. The van der Waals surface area contributed by atoms with Gasteiger partial charge in [0.25, 0.3) is 5.91 Å². The number of amides is 1. The highest BCUT2D eigenvalue weighted by Crippen LogP contribution is 2.22. The second kappa shape index (κ2) is 8.91. The molecule has 0 aromatic heterocycles. The van der Waals surface area contributed by atoms with E-state index in [1.54, 1.807) is 0 Å². The quantitative estimate of drug-likeness (QED) is 0.681. The molecule has 1 aliphatic rings. The number of hydrogen-bond acceptors (Lipinski definition) is 2. The average molecular weight is 419 g/mol. The molecule has 0 saturated heterocycles. The topological polar surface area (TPSA) is 38.3 Å². The molecule has 0 unspecified atom stereocenters. The first-order valence-corrected chi connectivity index (χ1v) is 9.10. The molecule has 1 aromatic rings. The number of rotatable bonds is 6. The molecular weight excluding hydrogens is 398 g/mol. The smallest absolute Gasteiger partial charge is 0.252 e. The molecule has 1 aliphatic carbocycles. The predicted octanol–water partition coefficient (Wildman–Crippen LogP) is 4.68. The summed E-state index contributed by atoms with van der Waals surface area (Å²) in [4.78, 5) is 12.0. The van der Waals surface area contributed by atoms with E-state index in [4.69, 9.17) is 4.74 Å². The highest BCUT2D eigenvalue weighted by molar-refractivity contribution is 9.11. The Hall–Kier alpha value is -0.390. The molecule has 2 rings (SSSR count). The van der Waals surface area contributed by atoms with Crippen molar-refractivity contribution in [3.05, 3.63) is 32.7 Å². The van der Waals surface area contributed by atoms with Crippen LogP contribution in [0, 0.1) is 0 Å². The van der Waals surface area contributed by atoms with Crippen LogP contribution >= 0.6 is 31.9 Å². The third kappa shape index (κ3) is 5.72. The SMILES string of the molecule is O=C(NCCCOC1CCCCC1)c1ccc(Br)cc1Br. The van der Waals surface area contributed by atoms with E-state index in [1.165, 1.54) is 32.1 Å². The van der Waals surface area contributed by atoms with Gasteiger partial charge in [0.05, 0.1) is 11.7 Å². The molecule has 0 heterocycles. The van der Waals surface area contributed by atoms with Gasteiger partial charge in [0.2, 0.25) is 0 Å². The summed E-state index contributed by atoms with van der Waals surface area (Å²) in [5, 5.41) is 2.93. The Kier molecular flexibility index (Phi) is 7.20. The maximum absolute atomic E-state index is 12.0. The molecular formula is C16H21Br2NO2. The molecule has 0 bridgehead atoms. The summed E-state index contributed by atoms with van der Waals surface area (Å²) in [5.74, 6) is -0.0490. The first-order chi connectivity index (χ1) is 10.2. The Morgan fingerprint density at radius 1 is 1.24 bits per heavy atom. The third-order valence-electron chi connectivity index (χ3n) is 3.69. The molecule has 21 heavy (non-hydrogen) atoms. The van der Waals surface area contributed by atoms with Gasteiger partial charge in [-0.1, -0.05) is 35.2 Å². The molecule has 1 aromatic carbocycles. The lowest BCUT2D eigenvalue weighted by molar-refractivity contribution is 0.0273.